The molecule has 1 aliphatic rings. The molecule has 0 spiro atoms. The maximum Gasteiger partial charge on any atom is 0.329 e. The number of esters is 1. The van der Waals surface area contributed by atoms with E-state index in [4.69, 9.17) is 10.5 Å². The quantitative estimate of drug-likeness (QED) is 0.0550. The molecule has 14 N–H and O–H groups in total. The normalized spacial score (nSPS) is 25.2. The fourth-order valence-electron chi connectivity index (χ4n) is 8.30. The predicted octanol–water partition coefficient (Wildman–Crippen LogP) is -2.06. The number of carbonyl (C=O) groups excluding carboxylic acids is 12. The Bertz CT molecular complexity index is 2090. The lowest BCUT2D eigenvalue weighted by Crippen LogP contribution is -2.63. The summed E-state index contributed by atoms with van der Waals surface area (Å²) in [7, 11) is 0. The van der Waals surface area contributed by atoms with Gasteiger partial charge < -0.3 is 73.9 Å². The van der Waals surface area contributed by atoms with Gasteiger partial charge in [0.2, 0.25) is 65.0 Å². The molecular weight excluding hydrogens is 1020 g/mol. The van der Waals surface area contributed by atoms with Crippen LogP contribution in [-0.4, -0.2) is 161 Å². The zero-order chi connectivity index (χ0) is 59.9. The summed E-state index contributed by atoms with van der Waals surface area (Å²) < 4.78 is 5.87. The maximum atomic E-state index is 14.7. The summed E-state index contributed by atoms with van der Waals surface area (Å²) in [6, 6.07) is -15.2. The van der Waals surface area contributed by atoms with Crippen LogP contribution in [0.25, 0.3) is 0 Å². The van der Waals surface area contributed by atoms with Gasteiger partial charge in [-0.15, -0.1) is 0 Å². The van der Waals surface area contributed by atoms with Crippen LogP contribution in [0.5, 0.6) is 0 Å². The Morgan fingerprint density at radius 1 is 0.551 bits per heavy atom. The van der Waals surface area contributed by atoms with Crippen LogP contribution in [0.1, 0.15) is 142 Å². The molecule has 1 saturated heterocycles. The largest absolute Gasteiger partial charge is 0.458 e. The highest BCUT2D eigenvalue weighted by atomic mass is 16.5. The summed E-state index contributed by atoms with van der Waals surface area (Å²) in [5.41, 5.74) is 5.44. The average molecular weight is 1110 g/mol. The van der Waals surface area contributed by atoms with Crippen molar-refractivity contribution in [2.75, 3.05) is 13.2 Å². The van der Waals surface area contributed by atoms with Gasteiger partial charge in [-0.2, -0.15) is 0 Å². The topological polar surface area (TPSA) is 401 Å². The number of aliphatic hydroxyl groups is 2. The number of hydrogen-bond donors (Lipinski definition) is 13. The molecule has 0 aromatic rings. The third-order valence-corrected chi connectivity index (χ3v) is 12.7. The zero-order valence-corrected chi connectivity index (χ0v) is 48.0. The summed E-state index contributed by atoms with van der Waals surface area (Å²) in [6.07, 6.45) is -2.12. The molecule has 1 heterocycles. The number of rotatable bonds is 21. The predicted molar refractivity (Wildman–Crippen MR) is 285 cm³/mol. The molecule has 0 saturated carbocycles. The summed E-state index contributed by atoms with van der Waals surface area (Å²) in [5.74, 6) is -13.6. The van der Waals surface area contributed by atoms with Crippen molar-refractivity contribution in [2.45, 2.75) is 208 Å². The standard InChI is InChI=1S/C52H91N11O15/c1-15-29(12)41-52(77)78-30(13)42(63-43(68)32(16-17-39(53)67)55-44(69)33(18-24(2)3)54-31(14)66)51(76)61-40(28(10)11)50(75)60-38(23-65)49(74)57-34(19-25(4)5)45(70)56-35(20-26(6)7)46(71)59-37(22-64)48(73)58-36(21-27(8)9)47(72)62-41/h24-30,32-38,40-42,64-65H,15-23H2,1-14H3,(H2,53,67)(H,54,66)(H,55,69)(H,56,70)(H,57,74)(H,58,73)(H,59,71)(H,60,75)(H,61,76)(H,62,72)(H,63,68)/t29-,30-,32-,33-,34?,35?,36?,37-,38-,40?,41-,42-/m0/s1. The number of ether oxygens (including phenoxy) is 1. The zero-order valence-electron chi connectivity index (χ0n) is 48.0. The van der Waals surface area contributed by atoms with Gasteiger partial charge >= 0.3 is 5.97 Å². The first-order valence-corrected chi connectivity index (χ1v) is 27.0. The summed E-state index contributed by atoms with van der Waals surface area (Å²) in [6.45, 7) is 20.9. The second-order valence-electron chi connectivity index (χ2n) is 22.2. The number of carbonyl (C=O) groups is 12. The molecule has 0 bridgehead atoms. The minimum absolute atomic E-state index is 0.00000733. The van der Waals surface area contributed by atoms with Gasteiger partial charge in [-0.3, -0.25) is 52.7 Å². The first-order chi connectivity index (χ1) is 36.3. The second kappa shape index (κ2) is 33.8. The van der Waals surface area contributed by atoms with E-state index in [2.05, 4.69) is 53.2 Å². The molecule has 0 aliphatic carbocycles. The Hall–Kier alpha value is -6.44. The lowest BCUT2D eigenvalue weighted by molar-refractivity contribution is -0.157. The molecule has 78 heavy (non-hydrogen) atoms. The third-order valence-electron chi connectivity index (χ3n) is 12.7. The van der Waals surface area contributed by atoms with Crippen molar-refractivity contribution < 1.29 is 72.5 Å². The minimum atomic E-state index is -1.93. The molecule has 1 rings (SSSR count). The number of hydrogen-bond acceptors (Lipinski definition) is 15. The van der Waals surface area contributed by atoms with Gasteiger partial charge in [0.25, 0.3) is 0 Å². The molecule has 0 aromatic carbocycles. The number of nitrogens with two attached hydrogens (primary N) is 1. The lowest BCUT2D eigenvalue weighted by atomic mass is 9.97. The number of primary amides is 1. The van der Waals surface area contributed by atoms with Crippen LogP contribution >= 0.6 is 0 Å². The summed E-state index contributed by atoms with van der Waals surface area (Å²) >= 11 is 0. The van der Waals surface area contributed by atoms with Crippen LogP contribution in [0.4, 0.5) is 0 Å². The lowest BCUT2D eigenvalue weighted by Gasteiger charge is -2.32. The van der Waals surface area contributed by atoms with E-state index in [-0.39, 0.29) is 55.8 Å². The molecule has 0 aromatic heterocycles. The van der Waals surface area contributed by atoms with Crippen LogP contribution < -0.4 is 58.9 Å². The highest BCUT2D eigenvalue weighted by Gasteiger charge is 2.41. The van der Waals surface area contributed by atoms with Crippen molar-refractivity contribution in [2.24, 2.45) is 41.2 Å². The van der Waals surface area contributed by atoms with Gasteiger partial charge in [-0.1, -0.05) is 89.5 Å². The minimum Gasteiger partial charge on any atom is -0.458 e. The van der Waals surface area contributed by atoms with Crippen molar-refractivity contribution in [1.82, 2.24) is 53.2 Å². The van der Waals surface area contributed by atoms with Crippen molar-refractivity contribution in [3.05, 3.63) is 0 Å². The first-order valence-electron chi connectivity index (χ1n) is 27.0. The van der Waals surface area contributed by atoms with Crippen LogP contribution in [0.2, 0.25) is 0 Å². The molecule has 26 nitrogen and oxygen atoms in total. The molecule has 26 heteroatoms. The fraction of sp³-hybridized carbons (Fsp3) is 0.769. The van der Waals surface area contributed by atoms with Gasteiger partial charge in [0.1, 0.15) is 66.5 Å². The Balaban J connectivity index is 4.19. The van der Waals surface area contributed by atoms with Crippen LogP contribution in [0, 0.1) is 35.5 Å². The monoisotopic (exact) mass is 1110 g/mol. The van der Waals surface area contributed by atoms with Crippen LogP contribution in [0.3, 0.4) is 0 Å². The van der Waals surface area contributed by atoms with E-state index in [0.717, 1.165) is 0 Å². The molecule has 11 amide bonds. The van der Waals surface area contributed by atoms with Gasteiger partial charge in [0.05, 0.1) is 13.2 Å². The summed E-state index contributed by atoms with van der Waals surface area (Å²) in [5, 5.41) is 46.1. The molecular formula is C52H91N11O15. The van der Waals surface area contributed by atoms with E-state index >= 15 is 0 Å². The SMILES string of the molecule is CC[C@H](C)[C@@H]1NC(=O)C(CC(C)C)NC(=O)[C@H](CO)NC(=O)C(CC(C)C)NC(=O)C(CC(C)C)NC(=O)[C@H](CO)NC(=O)C(C(C)C)NC(=O)[C@@H](NC(=O)[C@H](CCC(N)=O)NC(=O)[C@H](CC(C)C)NC(C)=O)[C@H](C)OC1=O. The van der Waals surface area contributed by atoms with Crippen molar-refractivity contribution in [1.29, 1.82) is 0 Å². The van der Waals surface area contributed by atoms with Crippen molar-refractivity contribution in [3.63, 3.8) is 0 Å². The molecule has 4 unspecified atom stereocenters. The third kappa shape index (κ3) is 24.1. The van der Waals surface area contributed by atoms with E-state index in [9.17, 15) is 67.7 Å². The molecule has 12 atom stereocenters. The second-order valence-corrected chi connectivity index (χ2v) is 22.2. The van der Waals surface area contributed by atoms with E-state index < -0.39 is 175 Å². The number of amides is 11. The summed E-state index contributed by atoms with van der Waals surface area (Å²) in [4.78, 5) is 165. The molecule has 1 aliphatic heterocycles. The highest BCUT2D eigenvalue weighted by Crippen LogP contribution is 2.17. The Morgan fingerprint density at radius 3 is 1.35 bits per heavy atom. The average Bonchev–Trinajstić information content (AvgIpc) is 3.33. The number of cyclic esters (lactones) is 1. The highest BCUT2D eigenvalue weighted by molar-refractivity contribution is 5.99. The molecule has 1 fully saturated rings. The van der Waals surface area contributed by atoms with Crippen LogP contribution in [0.15, 0.2) is 0 Å². The van der Waals surface area contributed by atoms with Gasteiger partial charge in [0, 0.05) is 13.3 Å². The number of aliphatic hydroxyl groups excluding tert-OH is 2. The Morgan fingerprint density at radius 2 is 0.962 bits per heavy atom. The van der Waals surface area contributed by atoms with Gasteiger partial charge in [-0.05, 0) is 74.5 Å². The Labute approximate surface area is 458 Å². The maximum absolute atomic E-state index is 14.7. The van der Waals surface area contributed by atoms with Gasteiger partial charge in [-0.25, -0.2) is 4.79 Å². The molecule has 0 radical (unpaired) electrons. The van der Waals surface area contributed by atoms with E-state index in [1.54, 1.807) is 69.2 Å². The fourth-order valence-corrected chi connectivity index (χ4v) is 8.30. The van der Waals surface area contributed by atoms with Crippen LogP contribution in [-0.2, 0) is 62.3 Å². The number of nitrogens with one attached hydrogen (secondary N) is 10. The van der Waals surface area contributed by atoms with Gasteiger partial charge in [0.15, 0.2) is 0 Å². The van der Waals surface area contributed by atoms with E-state index in [1.165, 1.54) is 27.7 Å². The molecule has 444 valence electrons. The van der Waals surface area contributed by atoms with E-state index in [0.29, 0.717) is 0 Å². The van der Waals surface area contributed by atoms with E-state index in [1.807, 2.05) is 0 Å². The Kier molecular flexibility index (Phi) is 30.1. The smallest absolute Gasteiger partial charge is 0.329 e. The van der Waals surface area contributed by atoms with Crippen molar-refractivity contribution >= 4 is 70.9 Å². The first kappa shape index (κ1) is 69.6. The van der Waals surface area contributed by atoms with Crippen molar-refractivity contribution in [3.8, 4) is 0 Å².